The molecule has 1 N–H and O–H groups in total. The van der Waals surface area contributed by atoms with E-state index in [0.717, 1.165) is 22.5 Å². The standard InChI is InChI=1S/C11H15N3S/c1-4-7(2)14-10-9-5-8(3)15-11(9)13-6-12-10/h5-7H,4H2,1-3H3,(H,12,13,14). The Morgan fingerprint density at radius 2 is 2.27 bits per heavy atom. The van der Waals surface area contributed by atoms with Gasteiger partial charge in [0.15, 0.2) is 0 Å². The van der Waals surface area contributed by atoms with Gasteiger partial charge in [-0.1, -0.05) is 6.92 Å². The molecular weight excluding hydrogens is 206 g/mol. The quantitative estimate of drug-likeness (QED) is 0.864. The van der Waals surface area contributed by atoms with E-state index in [1.54, 1.807) is 17.7 Å². The van der Waals surface area contributed by atoms with Crippen molar-refractivity contribution in [1.82, 2.24) is 9.97 Å². The summed E-state index contributed by atoms with van der Waals surface area (Å²) >= 11 is 1.71. The summed E-state index contributed by atoms with van der Waals surface area (Å²) in [6.45, 7) is 6.42. The Bertz CT molecular complexity index is 464. The molecule has 0 fully saturated rings. The Morgan fingerprint density at radius 1 is 1.47 bits per heavy atom. The normalized spacial score (nSPS) is 13.0. The molecule has 2 heterocycles. The number of nitrogens with one attached hydrogen (secondary N) is 1. The van der Waals surface area contributed by atoms with Crippen LogP contribution in [0.1, 0.15) is 25.1 Å². The molecule has 0 saturated carbocycles. The lowest BCUT2D eigenvalue weighted by atomic mass is 10.2. The van der Waals surface area contributed by atoms with Crippen molar-refractivity contribution in [2.45, 2.75) is 33.2 Å². The predicted molar refractivity (Wildman–Crippen MR) is 65.5 cm³/mol. The topological polar surface area (TPSA) is 37.8 Å². The van der Waals surface area contributed by atoms with E-state index >= 15 is 0 Å². The molecule has 2 aromatic heterocycles. The molecule has 1 atom stereocenters. The molecular formula is C11H15N3S. The fourth-order valence-electron chi connectivity index (χ4n) is 1.43. The van der Waals surface area contributed by atoms with E-state index in [-0.39, 0.29) is 0 Å². The molecule has 0 amide bonds. The SMILES string of the molecule is CCC(C)Nc1ncnc2sc(C)cc12. The lowest BCUT2D eigenvalue weighted by Crippen LogP contribution is -2.14. The summed E-state index contributed by atoms with van der Waals surface area (Å²) in [6, 6.07) is 2.59. The summed E-state index contributed by atoms with van der Waals surface area (Å²) in [7, 11) is 0. The maximum atomic E-state index is 4.29. The largest absolute Gasteiger partial charge is 0.367 e. The number of nitrogens with zero attached hydrogens (tertiary/aromatic N) is 2. The van der Waals surface area contributed by atoms with Crippen LogP contribution in [0.4, 0.5) is 5.82 Å². The van der Waals surface area contributed by atoms with Crippen molar-refractivity contribution in [2.24, 2.45) is 0 Å². The molecule has 0 bridgehead atoms. The number of hydrogen-bond donors (Lipinski definition) is 1. The number of anilines is 1. The van der Waals surface area contributed by atoms with Crippen LogP contribution in [0, 0.1) is 6.92 Å². The van der Waals surface area contributed by atoms with E-state index in [1.165, 1.54) is 4.88 Å². The maximum absolute atomic E-state index is 4.29. The highest BCUT2D eigenvalue weighted by Crippen LogP contribution is 2.27. The second-order valence-electron chi connectivity index (χ2n) is 3.75. The van der Waals surface area contributed by atoms with Crippen LogP contribution in [-0.2, 0) is 0 Å². The van der Waals surface area contributed by atoms with Crippen LogP contribution in [0.3, 0.4) is 0 Å². The molecule has 0 aliphatic rings. The molecule has 0 aliphatic heterocycles. The van der Waals surface area contributed by atoms with Gasteiger partial charge in [0.1, 0.15) is 17.0 Å². The molecule has 80 valence electrons. The van der Waals surface area contributed by atoms with Gasteiger partial charge in [0.2, 0.25) is 0 Å². The second kappa shape index (κ2) is 4.14. The van der Waals surface area contributed by atoms with Gasteiger partial charge in [-0.2, -0.15) is 0 Å². The highest BCUT2D eigenvalue weighted by Gasteiger charge is 2.08. The Labute approximate surface area is 93.6 Å². The third-order valence-electron chi connectivity index (χ3n) is 2.45. The van der Waals surface area contributed by atoms with Crippen molar-refractivity contribution in [1.29, 1.82) is 0 Å². The van der Waals surface area contributed by atoms with Crippen molar-refractivity contribution in [3.05, 3.63) is 17.3 Å². The average Bonchev–Trinajstić information content (AvgIpc) is 2.59. The summed E-state index contributed by atoms with van der Waals surface area (Å²) in [5, 5.41) is 4.54. The number of rotatable bonds is 3. The van der Waals surface area contributed by atoms with Crippen LogP contribution >= 0.6 is 11.3 Å². The molecule has 0 aromatic carbocycles. The first kappa shape index (κ1) is 10.4. The highest BCUT2D eigenvalue weighted by atomic mass is 32.1. The minimum atomic E-state index is 0.448. The lowest BCUT2D eigenvalue weighted by Gasteiger charge is -2.12. The smallest absolute Gasteiger partial charge is 0.138 e. The second-order valence-corrected chi connectivity index (χ2v) is 4.99. The summed E-state index contributed by atoms with van der Waals surface area (Å²) in [6.07, 6.45) is 2.72. The molecule has 0 aliphatic carbocycles. The fourth-order valence-corrected chi connectivity index (χ4v) is 2.27. The van der Waals surface area contributed by atoms with Gasteiger partial charge in [-0.15, -0.1) is 11.3 Å². The lowest BCUT2D eigenvalue weighted by molar-refractivity contribution is 0.760. The zero-order chi connectivity index (χ0) is 10.8. The number of fused-ring (bicyclic) bond motifs is 1. The van der Waals surface area contributed by atoms with E-state index in [4.69, 9.17) is 0 Å². The number of hydrogen-bond acceptors (Lipinski definition) is 4. The predicted octanol–water partition coefficient (Wildman–Crippen LogP) is 3.21. The Kier molecular flexibility index (Phi) is 2.86. The molecule has 15 heavy (non-hydrogen) atoms. The molecule has 1 unspecified atom stereocenters. The van der Waals surface area contributed by atoms with Crippen LogP contribution in [0.2, 0.25) is 0 Å². The summed E-state index contributed by atoms with van der Waals surface area (Å²) in [5.41, 5.74) is 0. The third-order valence-corrected chi connectivity index (χ3v) is 3.41. The summed E-state index contributed by atoms with van der Waals surface area (Å²) < 4.78 is 0. The van der Waals surface area contributed by atoms with Crippen molar-refractivity contribution in [2.75, 3.05) is 5.32 Å². The average molecular weight is 221 g/mol. The van der Waals surface area contributed by atoms with Crippen LogP contribution in [0.5, 0.6) is 0 Å². The van der Waals surface area contributed by atoms with E-state index < -0.39 is 0 Å². The zero-order valence-corrected chi connectivity index (χ0v) is 10.1. The minimum absolute atomic E-state index is 0.448. The molecule has 2 rings (SSSR count). The van der Waals surface area contributed by atoms with Crippen molar-refractivity contribution in [3.63, 3.8) is 0 Å². The van der Waals surface area contributed by atoms with Gasteiger partial charge in [0.05, 0.1) is 5.39 Å². The van der Waals surface area contributed by atoms with Gasteiger partial charge in [-0.05, 0) is 26.3 Å². The van der Waals surface area contributed by atoms with Crippen LogP contribution in [-0.4, -0.2) is 16.0 Å². The molecule has 4 heteroatoms. The Morgan fingerprint density at radius 3 is 3.00 bits per heavy atom. The van der Waals surface area contributed by atoms with Gasteiger partial charge >= 0.3 is 0 Å². The molecule has 0 saturated heterocycles. The van der Waals surface area contributed by atoms with Crippen molar-refractivity contribution < 1.29 is 0 Å². The first-order valence-corrected chi connectivity index (χ1v) is 6.00. The highest BCUT2D eigenvalue weighted by molar-refractivity contribution is 7.18. The Hall–Kier alpha value is -1.16. The number of aromatic nitrogens is 2. The first-order valence-electron chi connectivity index (χ1n) is 5.18. The molecule has 0 spiro atoms. The molecule has 3 nitrogen and oxygen atoms in total. The first-order chi connectivity index (χ1) is 7.20. The van der Waals surface area contributed by atoms with E-state index in [1.807, 2.05) is 0 Å². The number of thiophene rings is 1. The Balaban J connectivity index is 2.41. The van der Waals surface area contributed by atoms with Crippen LogP contribution < -0.4 is 5.32 Å². The summed E-state index contributed by atoms with van der Waals surface area (Å²) in [5.74, 6) is 0.957. The van der Waals surface area contributed by atoms with Crippen LogP contribution in [0.25, 0.3) is 10.2 Å². The monoisotopic (exact) mass is 221 g/mol. The molecule has 2 aromatic rings. The fraction of sp³-hybridized carbons (Fsp3) is 0.455. The van der Waals surface area contributed by atoms with E-state index in [9.17, 15) is 0 Å². The number of aryl methyl sites for hydroxylation is 1. The van der Waals surface area contributed by atoms with Gasteiger partial charge in [0, 0.05) is 10.9 Å². The van der Waals surface area contributed by atoms with E-state index in [0.29, 0.717) is 6.04 Å². The van der Waals surface area contributed by atoms with Gasteiger partial charge < -0.3 is 5.32 Å². The summed E-state index contributed by atoms with van der Waals surface area (Å²) in [4.78, 5) is 10.9. The van der Waals surface area contributed by atoms with Crippen molar-refractivity contribution >= 4 is 27.4 Å². The van der Waals surface area contributed by atoms with Gasteiger partial charge in [0.25, 0.3) is 0 Å². The zero-order valence-electron chi connectivity index (χ0n) is 9.24. The minimum Gasteiger partial charge on any atom is -0.367 e. The maximum Gasteiger partial charge on any atom is 0.138 e. The molecule has 0 radical (unpaired) electrons. The third kappa shape index (κ3) is 2.09. The van der Waals surface area contributed by atoms with Crippen molar-refractivity contribution in [3.8, 4) is 0 Å². The van der Waals surface area contributed by atoms with Gasteiger partial charge in [-0.3, -0.25) is 0 Å². The van der Waals surface area contributed by atoms with Crippen LogP contribution in [0.15, 0.2) is 12.4 Å². The van der Waals surface area contributed by atoms with Gasteiger partial charge in [-0.25, -0.2) is 9.97 Å². The van der Waals surface area contributed by atoms with E-state index in [2.05, 4.69) is 42.1 Å².